The van der Waals surface area contributed by atoms with Crippen LogP contribution >= 0.6 is 0 Å². The third kappa shape index (κ3) is 4.16. The van der Waals surface area contributed by atoms with Crippen LogP contribution in [0.3, 0.4) is 0 Å². The van der Waals surface area contributed by atoms with Crippen LogP contribution in [0.25, 0.3) is 0 Å². The first-order chi connectivity index (χ1) is 7.59. The van der Waals surface area contributed by atoms with Crippen LogP contribution in [0.1, 0.15) is 25.0 Å². The van der Waals surface area contributed by atoms with Crippen LogP contribution in [0.2, 0.25) is 0 Å². The number of carboxylic acid groups (broad SMARTS) is 1. The Morgan fingerprint density at radius 1 is 1.44 bits per heavy atom. The summed E-state index contributed by atoms with van der Waals surface area (Å²) in [6.07, 6.45) is 2.59. The first kappa shape index (κ1) is 12.3. The highest BCUT2D eigenvalue weighted by molar-refractivity contribution is 5.76. The monoisotopic (exact) mass is 224 g/mol. The summed E-state index contributed by atoms with van der Waals surface area (Å²) in [4.78, 5) is 21.6. The lowest BCUT2D eigenvalue weighted by atomic mass is 10.2. The molecule has 0 saturated heterocycles. The fourth-order valence-corrected chi connectivity index (χ4v) is 1.36. The quantitative estimate of drug-likeness (QED) is 0.754. The maximum absolute atomic E-state index is 11.3. The van der Waals surface area contributed by atoms with Gasteiger partial charge in [-0.25, -0.2) is 0 Å². The van der Waals surface area contributed by atoms with Gasteiger partial charge >= 0.3 is 5.97 Å². The fourth-order valence-electron chi connectivity index (χ4n) is 1.36. The number of aryl methyl sites for hydroxylation is 1. The zero-order valence-corrected chi connectivity index (χ0v) is 9.27. The average Bonchev–Trinajstić information content (AvgIpc) is 2.60. The third-order valence-corrected chi connectivity index (χ3v) is 2.31. The Bertz CT molecular complexity index is 371. The Kier molecular flexibility index (Phi) is 4.57. The number of rotatable bonds is 6. The second-order valence-corrected chi connectivity index (χ2v) is 3.63. The molecule has 0 saturated carbocycles. The van der Waals surface area contributed by atoms with Crippen LogP contribution in [-0.4, -0.2) is 21.6 Å². The van der Waals surface area contributed by atoms with E-state index in [1.54, 1.807) is 0 Å². The van der Waals surface area contributed by atoms with E-state index in [1.165, 1.54) is 0 Å². The summed E-state index contributed by atoms with van der Waals surface area (Å²) < 4.78 is 1.93. The topological polar surface area (TPSA) is 71.3 Å². The van der Waals surface area contributed by atoms with Crippen molar-refractivity contribution in [2.24, 2.45) is 7.05 Å². The maximum Gasteiger partial charge on any atom is 0.303 e. The molecule has 1 heterocycles. The maximum atomic E-state index is 11.3. The molecule has 0 bridgehead atoms. The van der Waals surface area contributed by atoms with E-state index in [4.69, 9.17) is 5.11 Å². The van der Waals surface area contributed by atoms with Crippen molar-refractivity contribution in [1.82, 2.24) is 9.88 Å². The van der Waals surface area contributed by atoms with Crippen molar-refractivity contribution in [2.75, 3.05) is 0 Å². The standard InChI is InChI=1S/C11H16N2O3/c1-13-7-3-4-9(13)8-12-10(14)5-2-6-11(15)16/h3-4,7H,2,5-6,8H2,1H3,(H,12,14)(H,15,16). The van der Waals surface area contributed by atoms with E-state index in [2.05, 4.69) is 5.32 Å². The highest BCUT2D eigenvalue weighted by Crippen LogP contribution is 2.00. The lowest BCUT2D eigenvalue weighted by Crippen LogP contribution is -2.23. The zero-order chi connectivity index (χ0) is 12.0. The number of carbonyl (C=O) groups excluding carboxylic acids is 1. The third-order valence-electron chi connectivity index (χ3n) is 2.31. The Hall–Kier alpha value is -1.78. The zero-order valence-electron chi connectivity index (χ0n) is 9.27. The first-order valence-electron chi connectivity index (χ1n) is 5.18. The van der Waals surface area contributed by atoms with Crippen LogP contribution in [0.5, 0.6) is 0 Å². The van der Waals surface area contributed by atoms with Crippen molar-refractivity contribution in [2.45, 2.75) is 25.8 Å². The van der Waals surface area contributed by atoms with E-state index < -0.39 is 5.97 Å². The number of hydrogen-bond acceptors (Lipinski definition) is 2. The van der Waals surface area contributed by atoms with Gasteiger partial charge in [-0.05, 0) is 18.6 Å². The predicted molar refractivity (Wildman–Crippen MR) is 58.7 cm³/mol. The summed E-state index contributed by atoms with van der Waals surface area (Å²) in [5, 5.41) is 11.2. The molecule has 1 aromatic rings. The van der Waals surface area contributed by atoms with Gasteiger partial charge in [0.25, 0.3) is 0 Å². The molecule has 0 spiro atoms. The van der Waals surface area contributed by atoms with Crippen molar-refractivity contribution in [3.63, 3.8) is 0 Å². The number of aromatic nitrogens is 1. The molecular formula is C11H16N2O3. The summed E-state index contributed by atoms with van der Waals surface area (Å²) in [6, 6.07) is 3.84. The summed E-state index contributed by atoms with van der Waals surface area (Å²) in [5.74, 6) is -0.974. The van der Waals surface area contributed by atoms with Crippen molar-refractivity contribution < 1.29 is 14.7 Å². The van der Waals surface area contributed by atoms with E-state index in [0.717, 1.165) is 5.69 Å². The Balaban J connectivity index is 2.20. The van der Waals surface area contributed by atoms with E-state index in [1.807, 2.05) is 29.9 Å². The molecule has 1 aromatic heterocycles. The molecule has 0 atom stereocenters. The number of aliphatic carboxylic acids is 1. The minimum absolute atomic E-state index is 0.0393. The van der Waals surface area contributed by atoms with Crippen LogP contribution in [0.4, 0.5) is 0 Å². The predicted octanol–water partition coefficient (Wildman–Crippen LogP) is 0.896. The van der Waals surface area contributed by atoms with Gasteiger partial charge in [-0.1, -0.05) is 0 Å². The molecule has 0 aliphatic carbocycles. The van der Waals surface area contributed by atoms with Gasteiger partial charge in [0.05, 0.1) is 6.54 Å². The van der Waals surface area contributed by atoms with E-state index >= 15 is 0 Å². The molecule has 0 unspecified atom stereocenters. The largest absolute Gasteiger partial charge is 0.481 e. The van der Waals surface area contributed by atoms with Crippen molar-refractivity contribution in [3.8, 4) is 0 Å². The Labute approximate surface area is 94.1 Å². The second kappa shape index (κ2) is 5.95. The number of carbonyl (C=O) groups is 2. The van der Waals surface area contributed by atoms with Gasteiger partial charge in [-0.15, -0.1) is 0 Å². The lowest BCUT2D eigenvalue weighted by molar-refractivity contribution is -0.137. The van der Waals surface area contributed by atoms with Gasteiger partial charge in [-0.3, -0.25) is 9.59 Å². The summed E-state index contributed by atoms with van der Waals surface area (Å²) >= 11 is 0. The minimum Gasteiger partial charge on any atom is -0.481 e. The van der Waals surface area contributed by atoms with Crippen LogP contribution < -0.4 is 5.32 Å². The molecule has 1 rings (SSSR count). The highest BCUT2D eigenvalue weighted by Gasteiger charge is 2.04. The second-order valence-electron chi connectivity index (χ2n) is 3.63. The average molecular weight is 224 g/mol. The molecule has 5 nitrogen and oxygen atoms in total. The van der Waals surface area contributed by atoms with E-state index in [9.17, 15) is 9.59 Å². The molecule has 0 fully saturated rings. The highest BCUT2D eigenvalue weighted by atomic mass is 16.4. The van der Waals surface area contributed by atoms with Crippen LogP contribution in [0, 0.1) is 0 Å². The molecule has 0 aliphatic rings. The van der Waals surface area contributed by atoms with Gasteiger partial charge in [-0.2, -0.15) is 0 Å². The van der Waals surface area contributed by atoms with Gasteiger partial charge in [0.2, 0.25) is 5.91 Å². The fraction of sp³-hybridized carbons (Fsp3) is 0.455. The number of amides is 1. The molecule has 5 heteroatoms. The van der Waals surface area contributed by atoms with Crippen molar-refractivity contribution >= 4 is 11.9 Å². The van der Waals surface area contributed by atoms with Gasteiger partial charge in [0.1, 0.15) is 0 Å². The van der Waals surface area contributed by atoms with Crippen LogP contribution in [-0.2, 0) is 23.2 Å². The number of nitrogens with one attached hydrogen (secondary N) is 1. The Morgan fingerprint density at radius 2 is 2.19 bits per heavy atom. The lowest BCUT2D eigenvalue weighted by Gasteiger charge is -2.05. The minimum atomic E-state index is -0.866. The molecule has 0 aliphatic heterocycles. The van der Waals surface area contributed by atoms with Crippen molar-refractivity contribution in [3.05, 3.63) is 24.0 Å². The summed E-state index contributed by atoms with van der Waals surface area (Å²) in [7, 11) is 1.91. The molecule has 0 aromatic carbocycles. The number of carboxylic acids is 1. The first-order valence-corrected chi connectivity index (χ1v) is 5.18. The van der Waals surface area contributed by atoms with Gasteiger partial charge < -0.3 is 15.0 Å². The van der Waals surface area contributed by atoms with Gasteiger partial charge in [0.15, 0.2) is 0 Å². The molecule has 16 heavy (non-hydrogen) atoms. The smallest absolute Gasteiger partial charge is 0.303 e. The number of hydrogen-bond donors (Lipinski definition) is 2. The normalized spacial score (nSPS) is 10.1. The Morgan fingerprint density at radius 3 is 2.75 bits per heavy atom. The number of nitrogens with zero attached hydrogens (tertiary/aromatic N) is 1. The molecule has 0 radical (unpaired) electrons. The summed E-state index contributed by atoms with van der Waals surface area (Å²) in [6.45, 7) is 0.482. The molecule has 1 amide bonds. The van der Waals surface area contributed by atoms with E-state index in [0.29, 0.717) is 13.0 Å². The van der Waals surface area contributed by atoms with Gasteiger partial charge in [0, 0.05) is 31.8 Å². The SMILES string of the molecule is Cn1cccc1CNC(=O)CCCC(=O)O. The van der Waals surface area contributed by atoms with Crippen molar-refractivity contribution in [1.29, 1.82) is 0 Å². The molecular weight excluding hydrogens is 208 g/mol. The van der Waals surface area contributed by atoms with E-state index in [-0.39, 0.29) is 18.7 Å². The van der Waals surface area contributed by atoms with Crippen LogP contribution in [0.15, 0.2) is 18.3 Å². The molecule has 88 valence electrons. The molecule has 2 N–H and O–H groups in total. The summed E-state index contributed by atoms with van der Waals surface area (Å²) in [5.41, 5.74) is 1.02.